The molecule has 0 amide bonds. The van der Waals surface area contributed by atoms with Crippen LogP contribution in [0.2, 0.25) is 5.02 Å². The van der Waals surface area contributed by atoms with Crippen LogP contribution < -0.4 is 11.3 Å². The number of aromatic nitrogens is 1. The van der Waals surface area contributed by atoms with Gasteiger partial charge >= 0.3 is 0 Å². The highest BCUT2D eigenvalue weighted by Crippen LogP contribution is 2.20. The van der Waals surface area contributed by atoms with E-state index in [2.05, 4.69) is 42.5 Å². The molecule has 1 unspecified atom stereocenters. The summed E-state index contributed by atoms with van der Waals surface area (Å²) < 4.78 is 0. The molecule has 0 aliphatic rings. The minimum Gasteiger partial charge on any atom is -0.271 e. The highest BCUT2D eigenvalue weighted by atomic mass is 35.5. The predicted octanol–water partition coefficient (Wildman–Crippen LogP) is 3.10. The topological polar surface area (TPSA) is 50.9 Å². The highest BCUT2D eigenvalue weighted by molar-refractivity contribution is 6.30. The Balaban J connectivity index is 2.23. The van der Waals surface area contributed by atoms with Gasteiger partial charge < -0.3 is 0 Å². The van der Waals surface area contributed by atoms with Crippen LogP contribution in [0.1, 0.15) is 28.4 Å². The minimum absolute atomic E-state index is 0.0160. The fourth-order valence-corrected chi connectivity index (χ4v) is 2.19. The maximum Gasteiger partial charge on any atom is 0.0672 e. The molecule has 1 aromatic heterocycles. The van der Waals surface area contributed by atoms with Crippen molar-refractivity contribution in [1.82, 2.24) is 10.4 Å². The second-order valence-electron chi connectivity index (χ2n) is 4.75. The quantitative estimate of drug-likeness (QED) is 0.666. The number of benzene rings is 1. The maximum absolute atomic E-state index is 5.85. The molecule has 0 saturated heterocycles. The fourth-order valence-electron chi connectivity index (χ4n) is 2.08. The molecule has 0 bridgehead atoms. The number of hydrazine groups is 1. The number of nitrogens with zero attached hydrogens (tertiary/aromatic N) is 1. The van der Waals surface area contributed by atoms with Gasteiger partial charge in [0, 0.05) is 6.20 Å². The predicted molar refractivity (Wildman–Crippen MR) is 78.9 cm³/mol. The molecular weight excluding hydrogens is 258 g/mol. The molecule has 1 aromatic carbocycles. The number of rotatable bonds is 4. The van der Waals surface area contributed by atoms with Crippen molar-refractivity contribution in [2.45, 2.75) is 26.3 Å². The number of hydrogen-bond acceptors (Lipinski definition) is 3. The molecule has 0 aliphatic heterocycles. The molecular formula is C15H18ClN3. The van der Waals surface area contributed by atoms with Crippen LogP contribution in [0.25, 0.3) is 0 Å². The van der Waals surface area contributed by atoms with E-state index in [9.17, 15) is 0 Å². The summed E-state index contributed by atoms with van der Waals surface area (Å²) >= 11 is 5.85. The summed E-state index contributed by atoms with van der Waals surface area (Å²) in [6.45, 7) is 4.20. The molecule has 1 atom stereocenters. The lowest BCUT2D eigenvalue weighted by molar-refractivity contribution is 0.537. The fraction of sp³-hybridized carbons (Fsp3) is 0.267. The Bertz CT molecular complexity index is 552. The summed E-state index contributed by atoms with van der Waals surface area (Å²) in [5.41, 5.74) is 7.52. The van der Waals surface area contributed by atoms with Gasteiger partial charge in [0.15, 0.2) is 0 Å². The van der Waals surface area contributed by atoms with E-state index in [1.54, 1.807) is 6.20 Å². The van der Waals surface area contributed by atoms with Crippen LogP contribution in [0.4, 0.5) is 0 Å². The number of hydrogen-bond donors (Lipinski definition) is 2. The lowest BCUT2D eigenvalue weighted by Gasteiger charge is -2.17. The number of halogens is 1. The average Bonchev–Trinajstić information content (AvgIpc) is 2.41. The monoisotopic (exact) mass is 275 g/mol. The smallest absolute Gasteiger partial charge is 0.0672 e. The van der Waals surface area contributed by atoms with E-state index >= 15 is 0 Å². The van der Waals surface area contributed by atoms with Gasteiger partial charge in [0.1, 0.15) is 0 Å². The lowest BCUT2D eigenvalue weighted by Crippen LogP contribution is -2.30. The summed E-state index contributed by atoms with van der Waals surface area (Å²) in [5.74, 6) is 5.66. The maximum atomic E-state index is 5.85. The molecule has 0 radical (unpaired) electrons. The van der Waals surface area contributed by atoms with Gasteiger partial charge in [0.2, 0.25) is 0 Å². The van der Waals surface area contributed by atoms with E-state index in [-0.39, 0.29) is 6.04 Å². The Morgan fingerprint density at radius 2 is 2.05 bits per heavy atom. The molecule has 0 fully saturated rings. The van der Waals surface area contributed by atoms with E-state index in [4.69, 9.17) is 17.4 Å². The van der Waals surface area contributed by atoms with Crippen LogP contribution in [-0.4, -0.2) is 4.98 Å². The Labute approximate surface area is 118 Å². The first-order valence-electron chi connectivity index (χ1n) is 6.24. The summed E-state index contributed by atoms with van der Waals surface area (Å²) in [5, 5.41) is 0.631. The molecule has 3 nitrogen and oxygen atoms in total. The first-order chi connectivity index (χ1) is 9.10. The van der Waals surface area contributed by atoms with Gasteiger partial charge in [-0.2, -0.15) is 0 Å². The number of pyridine rings is 1. The largest absolute Gasteiger partial charge is 0.271 e. The molecule has 0 saturated carbocycles. The SMILES string of the molecule is Cc1ccc(C)c(CC(NN)c2ccc(Cl)cn2)c1. The lowest BCUT2D eigenvalue weighted by atomic mass is 9.97. The van der Waals surface area contributed by atoms with Gasteiger partial charge in [-0.1, -0.05) is 35.4 Å². The number of nitrogens with two attached hydrogens (primary N) is 1. The van der Waals surface area contributed by atoms with Gasteiger partial charge in [-0.3, -0.25) is 16.3 Å². The summed E-state index contributed by atoms with van der Waals surface area (Å²) in [6, 6.07) is 10.2. The first kappa shape index (κ1) is 14.0. The standard InChI is InChI=1S/C15H18ClN3/c1-10-3-4-11(2)12(7-10)8-15(19-17)14-6-5-13(16)9-18-14/h3-7,9,15,19H,8,17H2,1-2H3. The zero-order valence-corrected chi connectivity index (χ0v) is 11.9. The Morgan fingerprint density at radius 3 is 2.68 bits per heavy atom. The van der Waals surface area contributed by atoms with E-state index in [0.717, 1.165) is 12.1 Å². The van der Waals surface area contributed by atoms with Crippen molar-refractivity contribution in [3.8, 4) is 0 Å². The Kier molecular flexibility index (Phi) is 4.53. The third kappa shape index (κ3) is 3.53. The van der Waals surface area contributed by atoms with Crippen LogP contribution in [0, 0.1) is 13.8 Å². The zero-order valence-electron chi connectivity index (χ0n) is 11.2. The second kappa shape index (κ2) is 6.15. The Hall–Kier alpha value is -1.42. The summed E-state index contributed by atoms with van der Waals surface area (Å²) in [4.78, 5) is 4.32. The van der Waals surface area contributed by atoms with Crippen LogP contribution >= 0.6 is 11.6 Å². The third-order valence-corrected chi connectivity index (χ3v) is 3.46. The molecule has 3 N–H and O–H groups in total. The van der Waals surface area contributed by atoms with E-state index in [0.29, 0.717) is 5.02 Å². The molecule has 100 valence electrons. The molecule has 19 heavy (non-hydrogen) atoms. The Morgan fingerprint density at radius 1 is 1.26 bits per heavy atom. The van der Waals surface area contributed by atoms with Gasteiger partial charge in [0.05, 0.1) is 16.8 Å². The first-order valence-corrected chi connectivity index (χ1v) is 6.61. The zero-order chi connectivity index (χ0) is 13.8. The molecule has 1 heterocycles. The van der Waals surface area contributed by atoms with E-state index < -0.39 is 0 Å². The van der Waals surface area contributed by atoms with Gasteiger partial charge in [0.25, 0.3) is 0 Å². The van der Waals surface area contributed by atoms with E-state index in [1.807, 2.05) is 12.1 Å². The van der Waals surface area contributed by atoms with Gasteiger partial charge in [-0.05, 0) is 43.5 Å². The normalized spacial score (nSPS) is 12.4. The van der Waals surface area contributed by atoms with Crippen molar-refractivity contribution in [3.63, 3.8) is 0 Å². The summed E-state index contributed by atoms with van der Waals surface area (Å²) in [7, 11) is 0. The van der Waals surface area contributed by atoms with Crippen LogP contribution in [0.5, 0.6) is 0 Å². The molecule has 4 heteroatoms. The van der Waals surface area contributed by atoms with Crippen molar-refractivity contribution < 1.29 is 0 Å². The minimum atomic E-state index is -0.0160. The van der Waals surface area contributed by atoms with Crippen LogP contribution in [-0.2, 0) is 6.42 Å². The van der Waals surface area contributed by atoms with Crippen molar-refractivity contribution >= 4 is 11.6 Å². The number of aryl methyl sites for hydroxylation is 2. The van der Waals surface area contributed by atoms with Crippen molar-refractivity contribution in [3.05, 3.63) is 63.9 Å². The second-order valence-corrected chi connectivity index (χ2v) is 5.19. The molecule has 2 aromatic rings. The van der Waals surface area contributed by atoms with Crippen molar-refractivity contribution in [1.29, 1.82) is 0 Å². The average molecular weight is 276 g/mol. The molecule has 0 aliphatic carbocycles. The molecule has 0 spiro atoms. The summed E-state index contributed by atoms with van der Waals surface area (Å²) in [6.07, 6.45) is 2.45. The highest BCUT2D eigenvalue weighted by Gasteiger charge is 2.13. The third-order valence-electron chi connectivity index (χ3n) is 3.24. The van der Waals surface area contributed by atoms with Crippen LogP contribution in [0.3, 0.4) is 0 Å². The van der Waals surface area contributed by atoms with E-state index in [1.165, 1.54) is 16.7 Å². The molecule has 2 rings (SSSR count). The van der Waals surface area contributed by atoms with Gasteiger partial charge in [-0.15, -0.1) is 0 Å². The van der Waals surface area contributed by atoms with Crippen LogP contribution in [0.15, 0.2) is 36.5 Å². The van der Waals surface area contributed by atoms with Crippen molar-refractivity contribution in [2.75, 3.05) is 0 Å². The van der Waals surface area contributed by atoms with Gasteiger partial charge in [-0.25, -0.2) is 0 Å². The van der Waals surface area contributed by atoms with Crippen molar-refractivity contribution in [2.24, 2.45) is 5.84 Å². The number of nitrogens with one attached hydrogen (secondary N) is 1.